The molecular weight excluding hydrogens is 258 g/mol. The Labute approximate surface area is 117 Å². The molecule has 1 aromatic rings. The van der Waals surface area contributed by atoms with E-state index in [4.69, 9.17) is 9.84 Å². The summed E-state index contributed by atoms with van der Waals surface area (Å²) in [6, 6.07) is 7.19. The van der Waals surface area contributed by atoms with E-state index in [-0.39, 0.29) is 5.91 Å². The first-order valence-electron chi connectivity index (χ1n) is 6.74. The van der Waals surface area contributed by atoms with Crippen LogP contribution in [0.2, 0.25) is 0 Å². The zero-order chi connectivity index (χ0) is 14.7. The number of carbonyl (C=O) groups excluding carboxylic acids is 1. The molecule has 1 amide bonds. The van der Waals surface area contributed by atoms with Crippen LogP contribution in [0.1, 0.15) is 20.3 Å². The highest BCUT2D eigenvalue weighted by atomic mass is 16.5. The van der Waals surface area contributed by atoms with Crippen LogP contribution in [0.15, 0.2) is 24.3 Å². The Balaban J connectivity index is 1.99. The molecule has 2 N–H and O–H groups in total. The number of carboxylic acid groups (broad SMARTS) is 1. The van der Waals surface area contributed by atoms with Gasteiger partial charge < -0.3 is 15.2 Å². The monoisotopic (exact) mass is 277 g/mol. The molecular formula is C15H19NO4. The first-order valence-corrected chi connectivity index (χ1v) is 6.74. The lowest BCUT2D eigenvalue weighted by molar-refractivity contribution is -0.139. The SMILES string of the molecule is CC(C)COc1ccccc1NC(=O)[C@@H]1C[C@@H]1C(=O)O. The van der Waals surface area contributed by atoms with E-state index < -0.39 is 17.8 Å². The van der Waals surface area contributed by atoms with Crippen molar-refractivity contribution in [3.05, 3.63) is 24.3 Å². The molecule has 2 atom stereocenters. The summed E-state index contributed by atoms with van der Waals surface area (Å²) in [5.74, 6) is -1.13. The maximum atomic E-state index is 11.9. The lowest BCUT2D eigenvalue weighted by Gasteiger charge is -2.13. The second-order valence-electron chi connectivity index (χ2n) is 5.48. The Morgan fingerprint density at radius 3 is 2.65 bits per heavy atom. The molecule has 0 unspecified atom stereocenters. The standard InChI is InChI=1S/C15H19NO4/c1-9(2)8-20-13-6-4-3-5-12(13)16-14(17)10-7-11(10)15(18)19/h3-6,9-11H,7-8H2,1-2H3,(H,16,17)(H,18,19)/t10-,11+/m1/s1. The molecule has 20 heavy (non-hydrogen) atoms. The van der Waals surface area contributed by atoms with E-state index in [9.17, 15) is 9.59 Å². The fourth-order valence-corrected chi connectivity index (χ4v) is 1.94. The molecule has 1 fully saturated rings. The van der Waals surface area contributed by atoms with E-state index in [1.54, 1.807) is 18.2 Å². The van der Waals surface area contributed by atoms with Crippen molar-refractivity contribution in [1.82, 2.24) is 0 Å². The van der Waals surface area contributed by atoms with Gasteiger partial charge in [0.25, 0.3) is 0 Å². The van der Waals surface area contributed by atoms with Gasteiger partial charge in [0.2, 0.25) is 5.91 Å². The Kier molecular flexibility index (Phi) is 4.27. The van der Waals surface area contributed by atoms with Crippen LogP contribution >= 0.6 is 0 Å². The van der Waals surface area contributed by atoms with E-state index in [2.05, 4.69) is 5.32 Å². The number of ether oxygens (including phenoxy) is 1. The van der Waals surface area contributed by atoms with Crippen molar-refractivity contribution in [2.45, 2.75) is 20.3 Å². The third-order valence-electron chi connectivity index (χ3n) is 3.16. The average molecular weight is 277 g/mol. The first-order chi connectivity index (χ1) is 9.49. The summed E-state index contributed by atoms with van der Waals surface area (Å²) < 4.78 is 5.64. The largest absolute Gasteiger partial charge is 0.491 e. The van der Waals surface area contributed by atoms with Crippen LogP contribution in [0, 0.1) is 17.8 Å². The van der Waals surface area contributed by atoms with Gasteiger partial charge in [-0.3, -0.25) is 9.59 Å². The zero-order valence-corrected chi connectivity index (χ0v) is 11.6. The lowest BCUT2D eigenvalue weighted by atomic mass is 10.2. The molecule has 0 aliphatic heterocycles. The van der Waals surface area contributed by atoms with E-state index >= 15 is 0 Å². The number of aliphatic carboxylic acids is 1. The van der Waals surface area contributed by atoms with Gasteiger partial charge >= 0.3 is 5.97 Å². The van der Waals surface area contributed by atoms with Crippen LogP contribution in [0.25, 0.3) is 0 Å². The minimum absolute atomic E-state index is 0.252. The minimum Gasteiger partial charge on any atom is -0.491 e. The summed E-state index contributed by atoms with van der Waals surface area (Å²) in [5, 5.41) is 11.6. The van der Waals surface area contributed by atoms with Crippen LogP contribution < -0.4 is 10.1 Å². The number of carbonyl (C=O) groups is 2. The van der Waals surface area contributed by atoms with Crippen molar-refractivity contribution in [2.75, 3.05) is 11.9 Å². The number of hydrogen-bond acceptors (Lipinski definition) is 3. The summed E-state index contributed by atoms with van der Waals surface area (Å²) in [5.41, 5.74) is 0.592. The van der Waals surface area contributed by atoms with Gasteiger partial charge in [-0.15, -0.1) is 0 Å². The van der Waals surface area contributed by atoms with Gasteiger partial charge in [0, 0.05) is 0 Å². The quantitative estimate of drug-likeness (QED) is 0.837. The van der Waals surface area contributed by atoms with Crippen LogP contribution in [-0.2, 0) is 9.59 Å². The van der Waals surface area contributed by atoms with Crippen LogP contribution in [-0.4, -0.2) is 23.6 Å². The smallest absolute Gasteiger partial charge is 0.307 e. The van der Waals surface area contributed by atoms with Crippen molar-refractivity contribution in [3.8, 4) is 5.75 Å². The summed E-state index contributed by atoms with van der Waals surface area (Å²) >= 11 is 0. The molecule has 0 spiro atoms. The topological polar surface area (TPSA) is 75.6 Å². The highest BCUT2D eigenvalue weighted by Crippen LogP contribution is 2.40. The van der Waals surface area contributed by atoms with Crippen molar-refractivity contribution < 1.29 is 19.4 Å². The van der Waals surface area contributed by atoms with E-state index in [0.29, 0.717) is 30.4 Å². The molecule has 0 radical (unpaired) electrons. The second-order valence-corrected chi connectivity index (χ2v) is 5.48. The molecule has 5 heteroatoms. The van der Waals surface area contributed by atoms with Gasteiger partial charge in [-0.1, -0.05) is 26.0 Å². The molecule has 0 saturated heterocycles. The predicted octanol–water partition coefficient (Wildman–Crippen LogP) is 2.38. The number of nitrogens with one attached hydrogen (secondary N) is 1. The Bertz CT molecular complexity index is 512. The average Bonchev–Trinajstić information content (AvgIpc) is 3.18. The molecule has 0 bridgehead atoms. The lowest BCUT2D eigenvalue weighted by Crippen LogP contribution is -2.17. The summed E-state index contributed by atoms with van der Waals surface area (Å²) in [4.78, 5) is 22.7. The second kappa shape index (κ2) is 5.94. The number of amides is 1. The number of carboxylic acids is 1. The molecule has 1 aromatic carbocycles. The summed E-state index contributed by atoms with van der Waals surface area (Å²) in [6.07, 6.45) is 0.413. The first kappa shape index (κ1) is 14.4. The van der Waals surface area contributed by atoms with E-state index in [1.807, 2.05) is 19.9 Å². The number of hydrogen-bond donors (Lipinski definition) is 2. The fraction of sp³-hybridized carbons (Fsp3) is 0.467. The third kappa shape index (κ3) is 3.50. The maximum absolute atomic E-state index is 11.9. The molecule has 0 aromatic heterocycles. The summed E-state index contributed by atoms with van der Waals surface area (Å²) in [7, 11) is 0. The van der Waals surface area contributed by atoms with Gasteiger partial charge in [0.1, 0.15) is 5.75 Å². The van der Waals surface area contributed by atoms with Gasteiger partial charge in [-0.2, -0.15) is 0 Å². The number of benzene rings is 1. The van der Waals surface area contributed by atoms with Gasteiger partial charge in [-0.25, -0.2) is 0 Å². The van der Waals surface area contributed by atoms with E-state index in [1.165, 1.54) is 0 Å². The highest BCUT2D eigenvalue weighted by Gasteiger charge is 2.48. The van der Waals surface area contributed by atoms with Crippen LogP contribution in [0.4, 0.5) is 5.69 Å². The van der Waals surface area contributed by atoms with Crippen molar-refractivity contribution in [1.29, 1.82) is 0 Å². The van der Waals surface area contributed by atoms with Crippen LogP contribution in [0.5, 0.6) is 5.75 Å². The number of anilines is 1. The van der Waals surface area contributed by atoms with Gasteiger partial charge in [0.05, 0.1) is 24.1 Å². The molecule has 0 heterocycles. The summed E-state index contributed by atoms with van der Waals surface area (Å²) in [6.45, 7) is 4.65. The third-order valence-corrected chi connectivity index (χ3v) is 3.16. The van der Waals surface area contributed by atoms with Gasteiger partial charge in [-0.05, 0) is 24.5 Å². The minimum atomic E-state index is -0.908. The Morgan fingerprint density at radius 1 is 1.35 bits per heavy atom. The normalized spacial score (nSPS) is 20.6. The Morgan fingerprint density at radius 2 is 2.05 bits per heavy atom. The highest BCUT2D eigenvalue weighted by molar-refractivity contribution is 5.99. The van der Waals surface area contributed by atoms with E-state index in [0.717, 1.165) is 0 Å². The molecule has 1 saturated carbocycles. The predicted molar refractivity (Wildman–Crippen MR) is 74.6 cm³/mol. The van der Waals surface area contributed by atoms with Crippen molar-refractivity contribution in [3.63, 3.8) is 0 Å². The fourth-order valence-electron chi connectivity index (χ4n) is 1.94. The van der Waals surface area contributed by atoms with Gasteiger partial charge in [0.15, 0.2) is 0 Å². The number of para-hydroxylation sites is 2. The molecule has 108 valence electrons. The molecule has 2 rings (SSSR count). The molecule has 1 aliphatic carbocycles. The molecule has 5 nitrogen and oxygen atoms in total. The Hall–Kier alpha value is -2.04. The van der Waals surface area contributed by atoms with Crippen molar-refractivity contribution >= 4 is 17.6 Å². The maximum Gasteiger partial charge on any atom is 0.307 e. The number of rotatable bonds is 6. The molecule has 1 aliphatic rings. The van der Waals surface area contributed by atoms with Crippen molar-refractivity contribution in [2.24, 2.45) is 17.8 Å². The van der Waals surface area contributed by atoms with Crippen LogP contribution in [0.3, 0.4) is 0 Å². The zero-order valence-electron chi connectivity index (χ0n) is 11.6.